The minimum atomic E-state index is -0.796. The standard InChI is InChI=1S/C23H34N2O2/c1-16(19-13-12-18-10-6-7-11-20(18)15-19)25-23(26)22(27-2)21(24)14-17-8-4-3-5-9-17/h6-7,10-13,15-17,21-23,25-26H,3-5,8-9,14,24H2,1-2H3/t16-,21+,22?,23?/m0/s1. The first-order chi connectivity index (χ1) is 13.1. The maximum Gasteiger partial charge on any atom is 0.133 e. The molecular formula is C23H34N2O2. The van der Waals surface area contributed by atoms with Crippen molar-refractivity contribution < 1.29 is 9.84 Å². The number of hydrogen-bond acceptors (Lipinski definition) is 4. The van der Waals surface area contributed by atoms with Crippen molar-refractivity contribution in [2.45, 2.75) is 69.9 Å². The molecule has 3 rings (SSSR count). The Morgan fingerprint density at radius 2 is 1.81 bits per heavy atom. The fourth-order valence-corrected chi connectivity index (χ4v) is 4.40. The van der Waals surface area contributed by atoms with Gasteiger partial charge in [0.05, 0.1) is 0 Å². The van der Waals surface area contributed by atoms with Crippen molar-refractivity contribution in [1.29, 1.82) is 0 Å². The zero-order chi connectivity index (χ0) is 19.2. The highest BCUT2D eigenvalue weighted by molar-refractivity contribution is 5.83. The van der Waals surface area contributed by atoms with Crippen molar-refractivity contribution in [2.24, 2.45) is 11.7 Å². The number of nitrogens with one attached hydrogen (secondary N) is 1. The minimum absolute atomic E-state index is 0.00383. The van der Waals surface area contributed by atoms with E-state index in [1.807, 2.05) is 12.1 Å². The van der Waals surface area contributed by atoms with Crippen LogP contribution in [-0.4, -0.2) is 30.6 Å². The molecule has 4 N–H and O–H groups in total. The molecule has 2 aromatic carbocycles. The number of ether oxygens (including phenoxy) is 1. The van der Waals surface area contributed by atoms with Gasteiger partial charge in [-0.1, -0.05) is 68.5 Å². The van der Waals surface area contributed by atoms with Crippen LogP contribution in [0.3, 0.4) is 0 Å². The first-order valence-electron chi connectivity index (χ1n) is 10.3. The Bertz CT molecular complexity index is 714. The molecule has 0 radical (unpaired) electrons. The molecule has 0 aliphatic heterocycles. The van der Waals surface area contributed by atoms with Gasteiger partial charge in [-0.25, -0.2) is 0 Å². The van der Waals surface area contributed by atoms with Crippen LogP contribution >= 0.6 is 0 Å². The van der Waals surface area contributed by atoms with Crippen molar-refractivity contribution >= 4 is 10.8 Å². The van der Waals surface area contributed by atoms with Gasteiger partial charge < -0.3 is 15.6 Å². The lowest BCUT2D eigenvalue weighted by molar-refractivity contribution is -0.0504. The third-order valence-electron chi connectivity index (χ3n) is 6.03. The van der Waals surface area contributed by atoms with Gasteiger partial charge in [-0.15, -0.1) is 0 Å². The SMILES string of the molecule is COC(C(O)N[C@@H](C)c1ccc2ccccc2c1)[C@H](N)CC1CCCCC1. The second-order valence-corrected chi connectivity index (χ2v) is 8.04. The third-order valence-corrected chi connectivity index (χ3v) is 6.03. The second-order valence-electron chi connectivity index (χ2n) is 8.04. The Hall–Kier alpha value is -1.46. The van der Waals surface area contributed by atoms with E-state index in [0.29, 0.717) is 5.92 Å². The lowest BCUT2D eigenvalue weighted by Crippen LogP contribution is -2.51. The van der Waals surface area contributed by atoms with Gasteiger partial charge in [0.1, 0.15) is 12.3 Å². The van der Waals surface area contributed by atoms with Crippen molar-refractivity contribution in [1.82, 2.24) is 5.32 Å². The average Bonchev–Trinajstić information content (AvgIpc) is 2.68. The van der Waals surface area contributed by atoms with Crippen molar-refractivity contribution in [3.63, 3.8) is 0 Å². The Balaban J connectivity index is 1.61. The molecule has 148 valence electrons. The molecule has 0 saturated heterocycles. The van der Waals surface area contributed by atoms with Gasteiger partial charge in [0.15, 0.2) is 0 Å². The molecule has 1 aliphatic rings. The molecular weight excluding hydrogens is 336 g/mol. The van der Waals surface area contributed by atoms with E-state index in [-0.39, 0.29) is 12.1 Å². The van der Waals surface area contributed by atoms with Crippen LogP contribution in [0.25, 0.3) is 10.8 Å². The maximum atomic E-state index is 10.7. The Morgan fingerprint density at radius 1 is 1.11 bits per heavy atom. The number of nitrogens with two attached hydrogens (primary N) is 1. The molecule has 27 heavy (non-hydrogen) atoms. The zero-order valence-electron chi connectivity index (χ0n) is 16.6. The number of rotatable bonds is 8. The molecule has 1 fully saturated rings. The van der Waals surface area contributed by atoms with E-state index in [1.54, 1.807) is 7.11 Å². The molecule has 4 nitrogen and oxygen atoms in total. The van der Waals surface area contributed by atoms with E-state index in [9.17, 15) is 5.11 Å². The van der Waals surface area contributed by atoms with Crippen LogP contribution < -0.4 is 11.1 Å². The first-order valence-corrected chi connectivity index (χ1v) is 10.3. The van der Waals surface area contributed by atoms with Crippen LogP contribution in [0.5, 0.6) is 0 Å². The molecule has 0 heterocycles. The highest BCUT2D eigenvalue weighted by Crippen LogP contribution is 2.28. The number of aliphatic hydroxyl groups excluding tert-OH is 1. The van der Waals surface area contributed by atoms with Crippen molar-refractivity contribution in [3.8, 4) is 0 Å². The van der Waals surface area contributed by atoms with E-state index >= 15 is 0 Å². The number of methoxy groups -OCH3 is 1. The average molecular weight is 371 g/mol. The van der Waals surface area contributed by atoms with Gasteiger partial charge in [-0.2, -0.15) is 0 Å². The quantitative estimate of drug-likeness (QED) is 0.612. The van der Waals surface area contributed by atoms with Gasteiger partial charge in [-0.3, -0.25) is 5.32 Å². The van der Waals surface area contributed by atoms with Crippen LogP contribution in [0.4, 0.5) is 0 Å². The van der Waals surface area contributed by atoms with E-state index in [2.05, 4.69) is 42.6 Å². The predicted molar refractivity (Wildman–Crippen MR) is 111 cm³/mol. The highest BCUT2D eigenvalue weighted by atomic mass is 16.5. The van der Waals surface area contributed by atoms with Gasteiger partial charge in [0, 0.05) is 19.2 Å². The van der Waals surface area contributed by atoms with E-state index < -0.39 is 12.3 Å². The van der Waals surface area contributed by atoms with Crippen LogP contribution in [0.1, 0.15) is 57.1 Å². The summed E-state index contributed by atoms with van der Waals surface area (Å²) in [6.45, 7) is 2.06. The predicted octanol–water partition coefficient (Wildman–Crippen LogP) is 4.12. The fraction of sp³-hybridized carbons (Fsp3) is 0.565. The number of fused-ring (bicyclic) bond motifs is 1. The van der Waals surface area contributed by atoms with Crippen LogP contribution in [0.2, 0.25) is 0 Å². The molecule has 0 bridgehead atoms. The van der Waals surface area contributed by atoms with Crippen molar-refractivity contribution in [2.75, 3.05) is 7.11 Å². The monoisotopic (exact) mass is 370 g/mol. The summed E-state index contributed by atoms with van der Waals surface area (Å²) < 4.78 is 5.58. The normalized spacial score (nSPS) is 20.3. The van der Waals surface area contributed by atoms with Gasteiger partial charge in [0.2, 0.25) is 0 Å². The molecule has 2 unspecified atom stereocenters. The lowest BCUT2D eigenvalue weighted by atomic mass is 9.83. The summed E-state index contributed by atoms with van der Waals surface area (Å²) in [6.07, 6.45) is 6.16. The van der Waals surface area contributed by atoms with Gasteiger partial charge in [0.25, 0.3) is 0 Å². The molecule has 0 spiro atoms. The molecule has 2 aromatic rings. The summed E-state index contributed by atoms with van der Waals surface area (Å²) >= 11 is 0. The van der Waals surface area contributed by atoms with Crippen molar-refractivity contribution in [3.05, 3.63) is 48.0 Å². The summed E-state index contributed by atoms with van der Waals surface area (Å²) in [6, 6.07) is 14.6. The third kappa shape index (κ3) is 5.29. The van der Waals surface area contributed by atoms with E-state index in [1.165, 1.54) is 42.9 Å². The van der Waals surface area contributed by atoms with E-state index in [4.69, 9.17) is 10.5 Å². The van der Waals surface area contributed by atoms with Gasteiger partial charge in [-0.05, 0) is 41.7 Å². The Morgan fingerprint density at radius 3 is 2.52 bits per heavy atom. The van der Waals surface area contributed by atoms with E-state index in [0.717, 1.165) is 12.0 Å². The smallest absolute Gasteiger partial charge is 0.133 e. The Labute approximate surface area is 163 Å². The topological polar surface area (TPSA) is 67.5 Å². The number of hydrogen-bond donors (Lipinski definition) is 3. The number of aliphatic hydroxyl groups is 1. The summed E-state index contributed by atoms with van der Waals surface area (Å²) in [4.78, 5) is 0. The van der Waals surface area contributed by atoms with Crippen LogP contribution in [-0.2, 0) is 4.74 Å². The molecule has 0 amide bonds. The maximum absolute atomic E-state index is 10.7. The second kappa shape index (κ2) is 9.65. The lowest BCUT2D eigenvalue weighted by Gasteiger charge is -2.33. The highest BCUT2D eigenvalue weighted by Gasteiger charge is 2.29. The zero-order valence-corrected chi connectivity index (χ0v) is 16.6. The summed E-state index contributed by atoms with van der Waals surface area (Å²) in [5.74, 6) is 0.663. The molecule has 4 atom stereocenters. The first kappa shape index (κ1) is 20.3. The number of benzene rings is 2. The van der Waals surface area contributed by atoms with Crippen LogP contribution in [0, 0.1) is 5.92 Å². The Kier molecular flexibility index (Phi) is 7.25. The molecule has 4 heteroatoms. The van der Waals surface area contributed by atoms with Crippen LogP contribution in [0.15, 0.2) is 42.5 Å². The largest absolute Gasteiger partial charge is 0.376 e. The summed E-state index contributed by atoms with van der Waals surface area (Å²) in [7, 11) is 1.64. The molecule has 1 aliphatic carbocycles. The fourth-order valence-electron chi connectivity index (χ4n) is 4.40. The summed E-state index contributed by atoms with van der Waals surface area (Å²) in [5.41, 5.74) is 7.57. The summed E-state index contributed by atoms with van der Waals surface area (Å²) in [5, 5.41) is 16.4. The minimum Gasteiger partial charge on any atom is -0.376 e. The van der Waals surface area contributed by atoms with Gasteiger partial charge >= 0.3 is 0 Å². The molecule has 1 saturated carbocycles. The molecule has 0 aromatic heterocycles.